The van der Waals surface area contributed by atoms with Crippen molar-refractivity contribution in [3.8, 4) is 40.1 Å². The molecule has 4 N–H and O–H groups in total. The molecular formula is C27H30O7. The first-order valence-corrected chi connectivity index (χ1v) is 11.0. The van der Waals surface area contributed by atoms with Gasteiger partial charge < -0.3 is 29.6 Å². The van der Waals surface area contributed by atoms with Crippen molar-refractivity contribution in [3.05, 3.63) is 63.4 Å². The summed E-state index contributed by atoms with van der Waals surface area (Å²) in [5, 5.41) is 42.0. The molecule has 0 aliphatic carbocycles. The Bertz CT molecular complexity index is 1340. The molecule has 0 spiro atoms. The smallest absolute Gasteiger partial charge is 0.200 e. The summed E-state index contributed by atoms with van der Waals surface area (Å²) in [7, 11) is 1.35. The minimum Gasteiger partial charge on any atom is -0.507 e. The zero-order valence-electron chi connectivity index (χ0n) is 20.0. The predicted molar refractivity (Wildman–Crippen MR) is 132 cm³/mol. The number of hydrogen-bond acceptors (Lipinski definition) is 7. The summed E-state index contributed by atoms with van der Waals surface area (Å²) in [6.45, 7) is 7.80. The molecule has 0 unspecified atom stereocenters. The van der Waals surface area contributed by atoms with Gasteiger partial charge in [-0.15, -0.1) is 0 Å². The van der Waals surface area contributed by atoms with Gasteiger partial charge in [-0.1, -0.05) is 37.6 Å². The summed E-state index contributed by atoms with van der Waals surface area (Å²) in [5.41, 5.74) is 1.13. The van der Waals surface area contributed by atoms with Crippen LogP contribution in [-0.4, -0.2) is 27.5 Å². The lowest BCUT2D eigenvalue weighted by atomic mass is 9.97. The zero-order chi connectivity index (χ0) is 25.2. The molecule has 0 atom stereocenters. The molecule has 180 valence electrons. The van der Waals surface area contributed by atoms with Crippen LogP contribution >= 0.6 is 0 Å². The molecule has 3 aromatic rings. The van der Waals surface area contributed by atoms with Gasteiger partial charge in [-0.3, -0.25) is 4.79 Å². The largest absolute Gasteiger partial charge is 0.507 e. The molecule has 0 fully saturated rings. The molecule has 3 rings (SSSR count). The van der Waals surface area contributed by atoms with Gasteiger partial charge in [0.1, 0.15) is 34.0 Å². The third-order valence-electron chi connectivity index (χ3n) is 5.42. The number of allylic oxidation sites excluding steroid dienone is 4. The molecule has 2 aromatic carbocycles. The van der Waals surface area contributed by atoms with Crippen LogP contribution in [0.3, 0.4) is 0 Å². The Hall–Kier alpha value is -3.87. The number of benzene rings is 2. The summed E-state index contributed by atoms with van der Waals surface area (Å²) in [5.74, 6) is -0.785. The Morgan fingerprint density at radius 2 is 1.68 bits per heavy atom. The van der Waals surface area contributed by atoms with Crippen molar-refractivity contribution in [2.75, 3.05) is 7.11 Å². The van der Waals surface area contributed by atoms with Crippen LogP contribution in [0.4, 0.5) is 0 Å². The fraction of sp³-hybridized carbons (Fsp3) is 0.296. The molecule has 0 bridgehead atoms. The Balaban J connectivity index is 2.43. The quantitative estimate of drug-likeness (QED) is 0.266. The van der Waals surface area contributed by atoms with Crippen LogP contribution in [0.15, 0.2) is 51.2 Å². The zero-order valence-corrected chi connectivity index (χ0v) is 20.0. The van der Waals surface area contributed by atoms with Gasteiger partial charge in [-0.05, 0) is 38.7 Å². The maximum absolute atomic E-state index is 13.6. The number of methoxy groups -OCH3 is 1. The Labute approximate surface area is 197 Å². The van der Waals surface area contributed by atoms with Gasteiger partial charge in [0, 0.05) is 23.3 Å². The van der Waals surface area contributed by atoms with Gasteiger partial charge in [0.25, 0.3) is 0 Å². The van der Waals surface area contributed by atoms with Crippen LogP contribution in [-0.2, 0) is 12.8 Å². The number of phenols is 4. The molecule has 0 amide bonds. The van der Waals surface area contributed by atoms with Crippen molar-refractivity contribution >= 4 is 11.0 Å². The van der Waals surface area contributed by atoms with E-state index in [4.69, 9.17) is 9.15 Å². The van der Waals surface area contributed by atoms with E-state index in [2.05, 4.69) is 0 Å². The van der Waals surface area contributed by atoms with Crippen molar-refractivity contribution in [2.45, 2.75) is 40.5 Å². The average molecular weight is 467 g/mol. The van der Waals surface area contributed by atoms with Gasteiger partial charge >= 0.3 is 0 Å². The number of rotatable bonds is 7. The molecule has 0 saturated carbocycles. The molecule has 0 saturated heterocycles. The summed E-state index contributed by atoms with van der Waals surface area (Å²) in [6, 6.07) is 3.62. The molecule has 0 aliphatic rings. The van der Waals surface area contributed by atoms with Crippen LogP contribution in [0.25, 0.3) is 22.3 Å². The van der Waals surface area contributed by atoms with Gasteiger partial charge in [-0.25, -0.2) is 0 Å². The van der Waals surface area contributed by atoms with E-state index in [1.807, 2.05) is 45.9 Å². The molecule has 7 nitrogen and oxygen atoms in total. The lowest BCUT2D eigenvalue weighted by molar-refractivity contribution is 0.368. The highest BCUT2D eigenvalue weighted by molar-refractivity contribution is 5.91. The molecule has 0 radical (unpaired) electrons. The Kier molecular flexibility index (Phi) is 7.25. The van der Waals surface area contributed by atoms with E-state index < -0.39 is 11.2 Å². The number of phenolic OH excluding ortho intramolecular Hbond substituents is 4. The van der Waals surface area contributed by atoms with Gasteiger partial charge in [0.2, 0.25) is 5.43 Å². The van der Waals surface area contributed by atoms with Crippen molar-refractivity contribution in [2.24, 2.45) is 5.92 Å². The molecule has 0 aliphatic heterocycles. The topological polar surface area (TPSA) is 120 Å². The lowest BCUT2D eigenvalue weighted by Crippen LogP contribution is -2.12. The van der Waals surface area contributed by atoms with Crippen molar-refractivity contribution in [3.63, 3.8) is 0 Å². The van der Waals surface area contributed by atoms with E-state index in [1.165, 1.54) is 19.2 Å². The number of fused-ring (bicyclic) bond motifs is 1. The molecule has 1 aromatic heterocycles. The summed E-state index contributed by atoms with van der Waals surface area (Å²) in [6.07, 6.45) is 6.03. The second kappa shape index (κ2) is 9.95. The molecule has 7 heteroatoms. The SMILES string of the molecule is COc1cc(O)c(-c2oc3c(CC=C(C)C)c(O)cc(O)c3c(=O)c2C/C=C\C(C)C)cc1O. The number of hydrogen-bond donors (Lipinski definition) is 4. The second-order valence-corrected chi connectivity index (χ2v) is 8.74. The van der Waals surface area contributed by atoms with E-state index in [9.17, 15) is 25.2 Å². The minimum atomic E-state index is -0.490. The summed E-state index contributed by atoms with van der Waals surface area (Å²) in [4.78, 5) is 13.6. The van der Waals surface area contributed by atoms with Crippen LogP contribution in [0.2, 0.25) is 0 Å². The first-order valence-electron chi connectivity index (χ1n) is 11.0. The van der Waals surface area contributed by atoms with E-state index in [-0.39, 0.29) is 69.6 Å². The maximum atomic E-state index is 13.6. The van der Waals surface area contributed by atoms with Crippen molar-refractivity contribution < 1.29 is 29.6 Å². The third-order valence-corrected chi connectivity index (χ3v) is 5.42. The second-order valence-electron chi connectivity index (χ2n) is 8.74. The summed E-state index contributed by atoms with van der Waals surface area (Å²) < 4.78 is 11.2. The summed E-state index contributed by atoms with van der Waals surface area (Å²) >= 11 is 0. The normalized spacial score (nSPS) is 11.5. The van der Waals surface area contributed by atoms with Crippen LogP contribution in [0.5, 0.6) is 28.7 Å². The van der Waals surface area contributed by atoms with Crippen molar-refractivity contribution in [1.29, 1.82) is 0 Å². The Morgan fingerprint density at radius 1 is 0.971 bits per heavy atom. The van der Waals surface area contributed by atoms with E-state index in [0.29, 0.717) is 5.56 Å². The fourth-order valence-electron chi connectivity index (χ4n) is 3.69. The van der Waals surface area contributed by atoms with E-state index in [1.54, 1.807) is 0 Å². The van der Waals surface area contributed by atoms with Gasteiger partial charge in [-0.2, -0.15) is 0 Å². The molecule has 1 heterocycles. The highest BCUT2D eigenvalue weighted by Gasteiger charge is 2.24. The lowest BCUT2D eigenvalue weighted by Gasteiger charge is -2.15. The highest BCUT2D eigenvalue weighted by Crippen LogP contribution is 2.42. The number of ether oxygens (including phenoxy) is 1. The highest BCUT2D eigenvalue weighted by atomic mass is 16.5. The Morgan fingerprint density at radius 3 is 2.29 bits per heavy atom. The van der Waals surface area contributed by atoms with Gasteiger partial charge in [0.05, 0.1) is 12.7 Å². The monoisotopic (exact) mass is 466 g/mol. The molecular weight excluding hydrogens is 436 g/mol. The number of aromatic hydroxyl groups is 4. The van der Waals surface area contributed by atoms with E-state index >= 15 is 0 Å². The average Bonchev–Trinajstić information content (AvgIpc) is 2.75. The maximum Gasteiger partial charge on any atom is 0.200 e. The minimum absolute atomic E-state index is 0.0151. The standard InChI is InChI=1S/C27H30O7/c1-14(2)7-6-8-17-25(32)24-22(31)12-19(28)16(10-9-15(3)4)27(24)34-26(17)18-11-21(30)23(33-5)13-20(18)29/h6-7,9,11-14,28-31H,8,10H2,1-5H3/b7-6-. The van der Waals surface area contributed by atoms with Crippen LogP contribution in [0.1, 0.15) is 38.8 Å². The van der Waals surface area contributed by atoms with Gasteiger partial charge in [0.15, 0.2) is 11.5 Å². The van der Waals surface area contributed by atoms with Crippen LogP contribution in [0, 0.1) is 5.92 Å². The van der Waals surface area contributed by atoms with Crippen molar-refractivity contribution in [1.82, 2.24) is 0 Å². The third kappa shape index (κ3) is 4.88. The van der Waals surface area contributed by atoms with E-state index in [0.717, 1.165) is 11.6 Å². The fourth-order valence-corrected chi connectivity index (χ4v) is 3.69. The first kappa shape index (κ1) is 24.8. The predicted octanol–water partition coefficient (Wildman–Crippen LogP) is 5.55. The first-order chi connectivity index (χ1) is 16.0. The molecule has 34 heavy (non-hydrogen) atoms. The van der Waals surface area contributed by atoms with Crippen LogP contribution < -0.4 is 10.2 Å².